The Morgan fingerprint density at radius 3 is 2.32 bits per heavy atom. The summed E-state index contributed by atoms with van der Waals surface area (Å²) in [6.07, 6.45) is -2.81. The molecule has 4 aromatic rings. The number of aryl methyl sites for hydroxylation is 2. The Kier molecular flexibility index (Phi) is 7.49. The number of rotatable bonds is 5. The highest BCUT2D eigenvalue weighted by Gasteiger charge is 2.36. The average molecular weight is 574 g/mol. The summed E-state index contributed by atoms with van der Waals surface area (Å²) in [7, 11) is 0. The number of carbonyl (C=O) groups is 1. The molecule has 0 N–H and O–H groups in total. The van der Waals surface area contributed by atoms with E-state index in [2.05, 4.69) is 30.1 Å². The van der Waals surface area contributed by atoms with Gasteiger partial charge in [-0.2, -0.15) is 13.2 Å². The van der Waals surface area contributed by atoms with Crippen molar-refractivity contribution in [1.29, 1.82) is 0 Å². The highest BCUT2D eigenvalue weighted by atomic mass is 19.4. The molecule has 0 saturated carbocycles. The van der Waals surface area contributed by atoms with Crippen LogP contribution in [0.3, 0.4) is 0 Å². The molecule has 0 aliphatic carbocycles. The number of alkyl halides is 3. The fourth-order valence-corrected chi connectivity index (χ4v) is 5.04. The predicted molar refractivity (Wildman–Crippen MR) is 134 cm³/mol. The first-order valence-corrected chi connectivity index (χ1v) is 12.8. The lowest BCUT2D eigenvalue weighted by molar-refractivity contribution is -0.144. The van der Waals surface area contributed by atoms with E-state index in [0.29, 0.717) is 48.7 Å². The highest BCUT2D eigenvalue weighted by molar-refractivity contribution is 5.83. The van der Waals surface area contributed by atoms with Crippen molar-refractivity contribution in [2.75, 3.05) is 13.1 Å². The topological polar surface area (TPSA) is 111 Å². The van der Waals surface area contributed by atoms with Crippen LogP contribution in [-0.4, -0.2) is 54.0 Å². The van der Waals surface area contributed by atoms with E-state index in [1.54, 1.807) is 18.7 Å². The van der Waals surface area contributed by atoms with Crippen molar-refractivity contribution in [3.8, 4) is 23.0 Å². The normalized spacial score (nSPS) is 15.3. The van der Waals surface area contributed by atoms with Gasteiger partial charge in [0, 0.05) is 30.8 Å². The molecule has 0 bridgehead atoms. The van der Waals surface area contributed by atoms with E-state index in [1.807, 2.05) is 0 Å². The number of benzene rings is 1. The van der Waals surface area contributed by atoms with Crippen molar-refractivity contribution < 1.29 is 31.2 Å². The second-order valence-electron chi connectivity index (χ2n) is 9.75. The number of carbonyl (C=O) groups excluding carboxylic acids is 1. The fourth-order valence-electron chi connectivity index (χ4n) is 5.04. The Morgan fingerprint density at radius 2 is 1.66 bits per heavy atom. The largest absolute Gasteiger partial charge is 0.451 e. The van der Waals surface area contributed by atoms with Gasteiger partial charge in [-0.05, 0) is 51.8 Å². The Bertz CT molecular complexity index is 1580. The van der Waals surface area contributed by atoms with Crippen molar-refractivity contribution in [1.82, 2.24) is 35.0 Å². The molecule has 1 aromatic carbocycles. The van der Waals surface area contributed by atoms with Gasteiger partial charge in [0.1, 0.15) is 23.2 Å². The van der Waals surface area contributed by atoms with Crippen molar-refractivity contribution in [2.45, 2.75) is 51.6 Å². The van der Waals surface area contributed by atoms with Crippen molar-refractivity contribution in [3.05, 3.63) is 70.7 Å². The van der Waals surface area contributed by atoms with E-state index >= 15 is 0 Å². The third-order valence-electron chi connectivity index (χ3n) is 6.99. The molecule has 14 heteroatoms. The van der Waals surface area contributed by atoms with Gasteiger partial charge >= 0.3 is 6.18 Å². The summed E-state index contributed by atoms with van der Waals surface area (Å²) in [5, 5.41) is 7.93. The fraction of sp³-hybridized carbons (Fsp3) is 0.370. The molecule has 4 heterocycles. The van der Waals surface area contributed by atoms with E-state index in [0.717, 1.165) is 18.3 Å². The standard InChI is InChI=1S/C27H24F5N7O2/c1-13(20-17(28)5-4-6-18(20)29)25(40)39-11-8-16(9-12-39)22-21(14(2)34-15(3)35-22)24-38-37-23(41-24)19-7-10-33-26(36-19)27(30,31)32/h4-7,10,13,16H,8-9,11-12H2,1-3H3. The van der Waals surface area contributed by atoms with Gasteiger partial charge in [-0.25, -0.2) is 28.7 Å². The molecule has 1 aliphatic rings. The maximum atomic E-state index is 14.3. The lowest BCUT2D eigenvalue weighted by atomic mass is 9.88. The Balaban J connectivity index is 1.38. The molecule has 1 aliphatic heterocycles. The molecule has 41 heavy (non-hydrogen) atoms. The smallest absolute Gasteiger partial charge is 0.414 e. The van der Waals surface area contributed by atoms with E-state index in [-0.39, 0.29) is 34.9 Å². The van der Waals surface area contributed by atoms with E-state index in [9.17, 15) is 26.7 Å². The minimum Gasteiger partial charge on any atom is -0.414 e. The van der Waals surface area contributed by atoms with Gasteiger partial charge in [-0.3, -0.25) is 4.79 Å². The Labute approximate surface area is 230 Å². The van der Waals surface area contributed by atoms with E-state index in [4.69, 9.17) is 4.42 Å². The van der Waals surface area contributed by atoms with Gasteiger partial charge in [0.05, 0.1) is 22.9 Å². The van der Waals surface area contributed by atoms with Crippen LogP contribution in [0.2, 0.25) is 0 Å². The van der Waals surface area contributed by atoms with Crippen LogP contribution in [0.25, 0.3) is 23.0 Å². The van der Waals surface area contributed by atoms with Crippen LogP contribution in [0.15, 0.2) is 34.9 Å². The number of amides is 1. The molecule has 5 rings (SSSR count). The lowest BCUT2D eigenvalue weighted by Crippen LogP contribution is -2.40. The zero-order valence-corrected chi connectivity index (χ0v) is 22.2. The first-order chi connectivity index (χ1) is 19.4. The number of aromatic nitrogens is 6. The summed E-state index contributed by atoms with van der Waals surface area (Å²) in [4.78, 5) is 30.5. The molecule has 0 spiro atoms. The minimum absolute atomic E-state index is 0.0156. The number of likely N-dealkylation sites (tertiary alicyclic amines) is 1. The first kappa shape index (κ1) is 28.2. The summed E-state index contributed by atoms with van der Waals surface area (Å²) >= 11 is 0. The molecule has 0 radical (unpaired) electrons. The molecule has 3 aromatic heterocycles. The van der Waals surface area contributed by atoms with Gasteiger partial charge < -0.3 is 9.32 Å². The SMILES string of the molecule is Cc1nc(C)c(-c2nnc(-c3ccnc(C(F)(F)F)n3)o2)c(C2CCN(C(=O)C(C)c3c(F)cccc3F)CC2)n1. The summed E-state index contributed by atoms with van der Waals surface area (Å²) in [5.41, 5.74) is 1.13. The number of halogens is 5. The number of nitrogens with zero attached hydrogens (tertiary/aromatic N) is 7. The van der Waals surface area contributed by atoms with Gasteiger partial charge in [0.2, 0.25) is 11.7 Å². The van der Waals surface area contributed by atoms with Crippen molar-refractivity contribution in [2.24, 2.45) is 0 Å². The monoisotopic (exact) mass is 573 g/mol. The van der Waals surface area contributed by atoms with Crippen molar-refractivity contribution >= 4 is 5.91 Å². The minimum atomic E-state index is -4.75. The lowest BCUT2D eigenvalue weighted by Gasteiger charge is -2.34. The molecular weight excluding hydrogens is 549 g/mol. The first-order valence-electron chi connectivity index (χ1n) is 12.8. The zero-order chi connectivity index (χ0) is 29.5. The van der Waals surface area contributed by atoms with Gasteiger partial charge in [-0.1, -0.05) is 6.07 Å². The van der Waals surface area contributed by atoms with Gasteiger partial charge in [-0.15, -0.1) is 10.2 Å². The number of piperidine rings is 1. The summed E-state index contributed by atoms with van der Waals surface area (Å²) in [6.45, 7) is 5.58. The molecule has 214 valence electrons. The Morgan fingerprint density at radius 1 is 1.00 bits per heavy atom. The summed E-state index contributed by atoms with van der Waals surface area (Å²) < 4.78 is 73.5. The molecule has 1 amide bonds. The molecule has 1 unspecified atom stereocenters. The van der Waals surface area contributed by atoms with Gasteiger partial charge in [0.15, 0.2) is 0 Å². The van der Waals surface area contributed by atoms with Crippen LogP contribution in [0.1, 0.15) is 60.2 Å². The third kappa shape index (κ3) is 5.63. The number of hydrogen-bond acceptors (Lipinski definition) is 8. The van der Waals surface area contributed by atoms with Crippen molar-refractivity contribution in [3.63, 3.8) is 0 Å². The van der Waals surface area contributed by atoms with Crippen LogP contribution >= 0.6 is 0 Å². The number of hydrogen-bond donors (Lipinski definition) is 0. The molecule has 1 fully saturated rings. The van der Waals surface area contributed by atoms with E-state index in [1.165, 1.54) is 19.1 Å². The molecular formula is C27H24F5N7O2. The second kappa shape index (κ2) is 10.9. The Hall–Kier alpha value is -4.36. The molecule has 9 nitrogen and oxygen atoms in total. The zero-order valence-electron chi connectivity index (χ0n) is 22.2. The van der Waals surface area contributed by atoms with E-state index < -0.39 is 29.6 Å². The third-order valence-corrected chi connectivity index (χ3v) is 6.99. The second-order valence-corrected chi connectivity index (χ2v) is 9.75. The average Bonchev–Trinajstić information content (AvgIpc) is 3.41. The summed E-state index contributed by atoms with van der Waals surface area (Å²) in [5.74, 6) is -4.12. The maximum absolute atomic E-state index is 14.3. The van der Waals surface area contributed by atoms with Crippen LogP contribution in [-0.2, 0) is 11.0 Å². The van der Waals surface area contributed by atoms with Crippen LogP contribution in [0.5, 0.6) is 0 Å². The van der Waals surface area contributed by atoms with Gasteiger partial charge in [0.25, 0.3) is 11.8 Å². The maximum Gasteiger partial charge on any atom is 0.451 e. The summed E-state index contributed by atoms with van der Waals surface area (Å²) in [6, 6.07) is 4.73. The van der Waals surface area contributed by atoms with Crippen LogP contribution in [0.4, 0.5) is 22.0 Å². The molecule has 1 atom stereocenters. The predicted octanol–water partition coefficient (Wildman–Crippen LogP) is 5.41. The highest BCUT2D eigenvalue weighted by Crippen LogP contribution is 2.37. The molecule has 1 saturated heterocycles. The van der Waals surface area contributed by atoms with Crippen LogP contribution in [0, 0.1) is 25.5 Å². The van der Waals surface area contributed by atoms with Crippen LogP contribution < -0.4 is 0 Å². The quantitative estimate of drug-likeness (QED) is 0.292.